The number of nitrogens with one attached hydrogen (secondary N) is 4. The van der Waals surface area contributed by atoms with Gasteiger partial charge >= 0.3 is 0 Å². The second-order valence-electron chi connectivity index (χ2n) is 19.2. The van der Waals surface area contributed by atoms with Crippen molar-refractivity contribution in [2.45, 2.75) is 64.1 Å². The molecule has 0 bridgehead atoms. The third-order valence-electron chi connectivity index (χ3n) is 14.8. The molecule has 1 atom stereocenters. The molecule has 0 aliphatic carbocycles. The minimum Gasteiger partial charge on any atom is -0.494 e. The number of benzene rings is 3. The van der Waals surface area contributed by atoms with Crippen molar-refractivity contribution in [2.75, 3.05) is 104 Å². The van der Waals surface area contributed by atoms with Crippen LogP contribution in [0.2, 0.25) is 0 Å². The Kier molecular flexibility index (Phi) is 17.2. The number of methoxy groups -OCH3 is 1. The molecular formula is C54H68BrN15O3S. The fourth-order valence-electron chi connectivity index (χ4n) is 11.0. The first-order valence-electron chi connectivity index (χ1n) is 25.6. The van der Waals surface area contributed by atoms with Crippen molar-refractivity contribution in [3.8, 4) is 5.75 Å². The molecular weight excluding hydrogens is 1020 g/mol. The van der Waals surface area contributed by atoms with Crippen LogP contribution in [-0.2, 0) is 11.3 Å². The summed E-state index contributed by atoms with van der Waals surface area (Å²) < 4.78 is 10.1. The van der Waals surface area contributed by atoms with E-state index < -0.39 is 6.04 Å². The SMILES string of the molecule is C=CNC(=O)C(CCC)N1Cc2cc(N3CCN(CC4CCN(C5CCN(c6cc(OC)c(Nc7ncc(Br)c(Nc8ccc9nccnc9c8NSC)n7)cc6/C(C=NC)=C/N)CC5)CC4)CC3)ccc2C1=O. The lowest BCUT2D eigenvalue weighted by Crippen LogP contribution is -2.51. The number of carbonyl (C=O) groups is 2. The van der Waals surface area contributed by atoms with Gasteiger partial charge in [-0.2, -0.15) is 4.98 Å². The van der Waals surface area contributed by atoms with Crippen molar-refractivity contribution in [3.63, 3.8) is 0 Å². The number of aliphatic imine (C=N–C) groups is 1. The number of hydrogen-bond acceptors (Lipinski definition) is 17. The molecule has 3 fully saturated rings. The number of likely N-dealkylation sites (tertiary alicyclic amines) is 1. The summed E-state index contributed by atoms with van der Waals surface area (Å²) in [4.78, 5) is 61.1. The third-order valence-corrected chi connectivity index (χ3v) is 15.8. The molecule has 18 nitrogen and oxygen atoms in total. The number of nitrogens with zero attached hydrogens (tertiary/aromatic N) is 10. The lowest BCUT2D eigenvalue weighted by atomic mass is 9.92. The Bertz CT molecular complexity index is 2880. The van der Waals surface area contributed by atoms with E-state index >= 15 is 0 Å². The highest BCUT2D eigenvalue weighted by Gasteiger charge is 2.37. The zero-order valence-electron chi connectivity index (χ0n) is 42.8. The number of allylic oxidation sites excluding steroid dienone is 1. The summed E-state index contributed by atoms with van der Waals surface area (Å²) in [5, 5.41) is 9.59. The van der Waals surface area contributed by atoms with E-state index in [0.29, 0.717) is 58.2 Å². The topological polar surface area (TPSA) is 198 Å². The van der Waals surface area contributed by atoms with Gasteiger partial charge in [0.1, 0.15) is 23.1 Å². The van der Waals surface area contributed by atoms with Gasteiger partial charge in [-0.1, -0.05) is 31.9 Å². The normalized spacial score (nSPS) is 17.7. The van der Waals surface area contributed by atoms with E-state index in [1.165, 1.54) is 31.0 Å². The van der Waals surface area contributed by atoms with Gasteiger partial charge in [0.2, 0.25) is 11.9 Å². The van der Waals surface area contributed by atoms with Gasteiger partial charge in [-0.25, -0.2) is 4.98 Å². The number of amides is 2. The van der Waals surface area contributed by atoms with Gasteiger partial charge in [0.25, 0.3) is 5.91 Å². The first-order chi connectivity index (χ1) is 36.1. The second kappa shape index (κ2) is 24.2. The largest absolute Gasteiger partial charge is 0.494 e. The maximum absolute atomic E-state index is 13.4. The van der Waals surface area contributed by atoms with Crippen LogP contribution in [0.3, 0.4) is 0 Å². The van der Waals surface area contributed by atoms with Crippen molar-refractivity contribution in [1.29, 1.82) is 0 Å². The molecule has 0 saturated carbocycles. The van der Waals surface area contributed by atoms with E-state index in [1.807, 2.05) is 37.4 Å². The molecule has 5 aromatic rings. The van der Waals surface area contributed by atoms with Crippen LogP contribution < -0.4 is 40.9 Å². The Morgan fingerprint density at radius 2 is 1.76 bits per heavy atom. The van der Waals surface area contributed by atoms with E-state index in [4.69, 9.17) is 15.5 Å². The summed E-state index contributed by atoms with van der Waals surface area (Å²) in [5.74, 6) is 2.03. The van der Waals surface area contributed by atoms with Gasteiger partial charge in [0, 0.05) is 137 Å². The smallest absolute Gasteiger partial charge is 0.255 e. The van der Waals surface area contributed by atoms with Crippen molar-refractivity contribution in [3.05, 3.63) is 101 Å². The summed E-state index contributed by atoms with van der Waals surface area (Å²) >= 11 is 5.12. The standard InChI is InChI=1S/C54H68BrN15O3S/c1-6-8-46(52(71)58-7-2)70-34-36-27-39(9-10-40(36)53(70)72)68-25-23-66(24-26-68)33-35-13-19-67(20-14-35)38-15-21-69(22-16-38)47-29-48(73-4)45(28-41(47)37(30-56)31-57-3)63-54-61-32-42(55)51(64-54)62-44-12-11-43-49(50(44)65-74-5)60-18-17-59-43/h7,9-12,17-18,27-32,35,38,46,65H,2,6,8,13-16,19-26,33-34,56H2,1,3-5H3,(H,58,71)(H2,61,62,63,64)/b37-30+,57-31?. The number of ether oxygens (including phenoxy) is 1. The third kappa shape index (κ3) is 11.6. The van der Waals surface area contributed by atoms with Crippen LogP contribution in [0.1, 0.15) is 66.9 Å². The molecule has 4 aliphatic heterocycles. The van der Waals surface area contributed by atoms with Gasteiger partial charge in [0.15, 0.2) is 0 Å². The molecule has 6 N–H and O–H groups in total. The van der Waals surface area contributed by atoms with E-state index in [0.717, 1.165) is 129 Å². The number of fused-ring (bicyclic) bond motifs is 2. The fraction of sp³-hybridized carbons (Fsp3) is 0.426. The molecule has 9 rings (SSSR count). The number of rotatable bonds is 19. The summed E-state index contributed by atoms with van der Waals surface area (Å²) in [7, 11) is 3.43. The monoisotopic (exact) mass is 1090 g/mol. The molecule has 2 aromatic heterocycles. The molecule has 6 heterocycles. The van der Waals surface area contributed by atoms with Gasteiger partial charge in [0.05, 0.1) is 34.2 Å². The Hall–Kier alpha value is -6.48. The van der Waals surface area contributed by atoms with Crippen LogP contribution in [0, 0.1) is 5.92 Å². The molecule has 4 aliphatic rings. The number of hydrogen-bond donors (Lipinski definition) is 5. The molecule has 3 aromatic carbocycles. The molecule has 2 amide bonds. The van der Waals surface area contributed by atoms with E-state index in [2.05, 4.69) is 101 Å². The number of nitrogens with two attached hydrogens (primary N) is 1. The Balaban J connectivity index is 0.790. The van der Waals surface area contributed by atoms with E-state index in [1.54, 1.807) is 50.1 Å². The second-order valence-corrected chi connectivity index (χ2v) is 20.7. The first kappa shape index (κ1) is 52.4. The van der Waals surface area contributed by atoms with Crippen molar-refractivity contribution in [1.82, 2.24) is 40.0 Å². The van der Waals surface area contributed by atoms with E-state index in [9.17, 15) is 9.59 Å². The number of piperazine rings is 1. The average Bonchev–Trinajstić information content (AvgIpc) is 3.75. The maximum atomic E-state index is 13.4. The molecule has 74 heavy (non-hydrogen) atoms. The average molecular weight is 1090 g/mol. The quantitative estimate of drug-likeness (QED) is 0.0391. The molecule has 3 saturated heterocycles. The Morgan fingerprint density at radius 3 is 2.47 bits per heavy atom. The zero-order chi connectivity index (χ0) is 51.7. The van der Waals surface area contributed by atoms with Crippen LogP contribution in [-0.4, -0.2) is 144 Å². The van der Waals surface area contributed by atoms with Crippen molar-refractivity contribution >= 4 is 103 Å². The molecule has 0 radical (unpaired) electrons. The zero-order valence-corrected chi connectivity index (χ0v) is 45.2. The minimum atomic E-state index is -0.505. The lowest BCUT2D eigenvalue weighted by molar-refractivity contribution is -0.125. The van der Waals surface area contributed by atoms with Gasteiger partial charge in [-0.15, -0.1) is 0 Å². The van der Waals surface area contributed by atoms with Crippen molar-refractivity contribution < 1.29 is 14.3 Å². The summed E-state index contributed by atoms with van der Waals surface area (Å²) in [5.41, 5.74) is 15.7. The highest BCUT2D eigenvalue weighted by atomic mass is 79.9. The summed E-state index contributed by atoms with van der Waals surface area (Å²) in [6.45, 7) is 15.3. The molecule has 0 spiro atoms. The Morgan fingerprint density at radius 1 is 0.973 bits per heavy atom. The predicted octanol–water partition coefficient (Wildman–Crippen LogP) is 8.26. The van der Waals surface area contributed by atoms with Crippen molar-refractivity contribution in [2.24, 2.45) is 16.6 Å². The van der Waals surface area contributed by atoms with Crippen LogP contribution in [0.5, 0.6) is 5.75 Å². The molecule has 390 valence electrons. The molecule has 1 unspecified atom stereocenters. The lowest BCUT2D eigenvalue weighted by Gasteiger charge is -2.44. The van der Waals surface area contributed by atoms with E-state index in [-0.39, 0.29) is 11.8 Å². The van der Waals surface area contributed by atoms with Gasteiger partial charge in [-0.05, 0) is 115 Å². The maximum Gasteiger partial charge on any atom is 0.255 e. The number of aromatic nitrogens is 4. The summed E-state index contributed by atoms with van der Waals surface area (Å²) in [6, 6.07) is 14.2. The number of carbonyl (C=O) groups excluding carboxylic acids is 2. The van der Waals surface area contributed by atoms with Crippen LogP contribution in [0.25, 0.3) is 16.6 Å². The molecule has 20 heteroatoms. The number of piperidine rings is 2. The summed E-state index contributed by atoms with van der Waals surface area (Å²) in [6.07, 6.45) is 17.8. The van der Waals surface area contributed by atoms with Crippen LogP contribution in [0.4, 0.5) is 40.2 Å². The minimum absolute atomic E-state index is 0.0692. The highest BCUT2D eigenvalue weighted by molar-refractivity contribution is 9.10. The fourth-order valence-corrected chi connectivity index (χ4v) is 11.7. The number of halogens is 1. The predicted molar refractivity (Wildman–Crippen MR) is 304 cm³/mol. The van der Waals surface area contributed by atoms with Gasteiger partial charge < -0.3 is 50.7 Å². The highest BCUT2D eigenvalue weighted by Crippen LogP contribution is 2.41. The van der Waals surface area contributed by atoms with Crippen LogP contribution >= 0.6 is 27.9 Å². The van der Waals surface area contributed by atoms with Gasteiger partial charge in [-0.3, -0.25) is 29.4 Å². The first-order valence-corrected chi connectivity index (χ1v) is 27.6. The number of anilines is 7. The van der Waals surface area contributed by atoms with Crippen LogP contribution in [0.15, 0.2) is 89.5 Å². The Labute approximate surface area is 447 Å².